The van der Waals surface area contributed by atoms with E-state index in [4.69, 9.17) is 5.26 Å². The van der Waals surface area contributed by atoms with Crippen molar-refractivity contribution in [2.75, 3.05) is 0 Å². The highest BCUT2D eigenvalue weighted by molar-refractivity contribution is 5.76. The number of hydrogen-bond acceptors (Lipinski definition) is 2. The molecule has 0 atom stereocenters. The van der Waals surface area contributed by atoms with Gasteiger partial charge in [0, 0.05) is 11.8 Å². The van der Waals surface area contributed by atoms with E-state index in [1.54, 1.807) is 0 Å². The number of aromatic nitrogens is 2. The molecule has 0 aliphatic heterocycles. The van der Waals surface area contributed by atoms with Gasteiger partial charge in [-0.05, 0) is 24.6 Å². The summed E-state index contributed by atoms with van der Waals surface area (Å²) in [6.07, 6.45) is 6.47. The zero-order valence-corrected chi connectivity index (χ0v) is 11.8. The first-order valence-electron chi connectivity index (χ1n) is 6.86. The Bertz CT molecular complexity index is 836. The average molecular weight is 273 g/mol. The molecule has 0 bridgehead atoms. The molecule has 0 saturated carbocycles. The first kappa shape index (κ1) is 13.1. The van der Waals surface area contributed by atoms with Crippen molar-refractivity contribution in [2.45, 2.75) is 13.3 Å². The smallest absolute Gasteiger partial charge is 0.144 e. The van der Waals surface area contributed by atoms with E-state index in [1.807, 2.05) is 47.9 Å². The number of hydrogen-bond donors (Lipinski definition) is 0. The molecule has 0 spiro atoms. The molecule has 0 saturated heterocycles. The predicted octanol–water partition coefficient (Wildman–Crippen LogP) is 3.88. The maximum absolute atomic E-state index is 8.94. The molecule has 0 aliphatic rings. The normalized spacial score (nSPS) is 11.0. The maximum atomic E-state index is 8.94. The summed E-state index contributed by atoms with van der Waals surface area (Å²) in [5.41, 5.74) is 4.97. The molecule has 3 rings (SSSR count). The highest BCUT2D eigenvalue weighted by Gasteiger charge is 2.09. The molecule has 0 aliphatic carbocycles. The molecule has 0 unspecified atom stereocenters. The lowest BCUT2D eigenvalue weighted by molar-refractivity contribution is 1.04. The largest absolute Gasteiger partial charge is 0.302 e. The first-order valence-corrected chi connectivity index (χ1v) is 6.86. The lowest BCUT2D eigenvalue weighted by Crippen LogP contribution is -1.93. The first-order chi connectivity index (χ1) is 10.3. The minimum Gasteiger partial charge on any atom is -0.302 e. The van der Waals surface area contributed by atoms with Crippen LogP contribution in [0.1, 0.15) is 22.5 Å². The van der Waals surface area contributed by atoms with Gasteiger partial charge in [0.05, 0.1) is 23.9 Å². The Morgan fingerprint density at radius 2 is 1.95 bits per heavy atom. The highest BCUT2D eigenvalue weighted by atomic mass is 15.0. The van der Waals surface area contributed by atoms with Crippen molar-refractivity contribution in [3.8, 4) is 6.07 Å². The fraction of sp³-hybridized carbons (Fsp3) is 0.111. The van der Waals surface area contributed by atoms with Crippen molar-refractivity contribution in [3.63, 3.8) is 0 Å². The van der Waals surface area contributed by atoms with Gasteiger partial charge >= 0.3 is 0 Å². The van der Waals surface area contributed by atoms with E-state index in [0.717, 1.165) is 28.2 Å². The van der Waals surface area contributed by atoms with Crippen LogP contribution in [0.4, 0.5) is 0 Å². The Kier molecular flexibility index (Phi) is 3.53. The standard InChI is InChI=1S/C18H15N3/c1-14-17(11-12-19)21-13-5-8-16(18(21)20-14)10-9-15-6-3-2-4-7-15/h2-10,13H,11H2,1H3/b10-9-. The molecule has 1 aromatic carbocycles. The van der Waals surface area contributed by atoms with Crippen LogP contribution in [-0.2, 0) is 6.42 Å². The van der Waals surface area contributed by atoms with Gasteiger partial charge in [-0.25, -0.2) is 4.98 Å². The van der Waals surface area contributed by atoms with Crippen molar-refractivity contribution in [1.82, 2.24) is 9.38 Å². The summed E-state index contributed by atoms with van der Waals surface area (Å²) in [5.74, 6) is 0. The van der Waals surface area contributed by atoms with Gasteiger partial charge in [0.1, 0.15) is 5.65 Å². The van der Waals surface area contributed by atoms with Crippen molar-refractivity contribution < 1.29 is 0 Å². The minimum atomic E-state index is 0.374. The van der Waals surface area contributed by atoms with E-state index in [0.29, 0.717) is 6.42 Å². The van der Waals surface area contributed by atoms with Crippen LogP contribution in [0.5, 0.6) is 0 Å². The Labute approximate surface area is 123 Å². The van der Waals surface area contributed by atoms with Gasteiger partial charge in [0.25, 0.3) is 0 Å². The number of nitriles is 1. The average Bonchev–Trinajstić information content (AvgIpc) is 2.83. The van der Waals surface area contributed by atoms with Crippen molar-refractivity contribution in [3.05, 3.63) is 71.2 Å². The molecule has 0 amide bonds. The molecule has 102 valence electrons. The summed E-state index contributed by atoms with van der Waals surface area (Å²) in [6, 6.07) is 16.4. The summed E-state index contributed by atoms with van der Waals surface area (Å²) < 4.78 is 2.00. The van der Waals surface area contributed by atoms with Crippen LogP contribution >= 0.6 is 0 Å². The Balaban J connectivity index is 2.06. The molecule has 0 N–H and O–H groups in total. The van der Waals surface area contributed by atoms with Gasteiger partial charge in [-0.15, -0.1) is 0 Å². The third-order valence-corrected chi connectivity index (χ3v) is 3.48. The zero-order valence-electron chi connectivity index (χ0n) is 11.8. The monoisotopic (exact) mass is 273 g/mol. The van der Waals surface area contributed by atoms with Crippen LogP contribution < -0.4 is 0 Å². The number of aryl methyl sites for hydroxylation is 1. The maximum Gasteiger partial charge on any atom is 0.144 e. The molecule has 2 heterocycles. The molecule has 0 radical (unpaired) electrons. The molecule has 2 aromatic heterocycles. The summed E-state index contributed by atoms with van der Waals surface area (Å²) in [5, 5.41) is 8.94. The van der Waals surface area contributed by atoms with Gasteiger partial charge in [-0.2, -0.15) is 5.26 Å². The SMILES string of the molecule is Cc1nc2c(/C=C\c3ccccc3)cccn2c1CC#N. The minimum absolute atomic E-state index is 0.374. The van der Waals surface area contributed by atoms with Crippen molar-refractivity contribution in [2.24, 2.45) is 0 Å². The summed E-state index contributed by atoms with van der Waals surface area (Å²) in [6.45, 7) is 1.95. The fourth-order valence-electron chi connectivity index (χ4n) is 2.42. The van der Waals surface area contributed by atoms with E-state index in [9.17, 15) is 0 Å². The van der Waals surface area contributed by atoms with Crippen molar-refractivity contribution in [1.29, 1.82) is 5.26 Å². The number of imidazole rings is 1. The summed E-state index contributed by atoms with van der Waals surface area (Å²) >= 11 is 0. The van der Waals surface area contributed by atoms with Crippen LogP contribution in [0.3, 0.4) is 0 Å². The van der Waals surface area contributed by atoms with E-state index in [2.05, 4.69) is 35.3 Å². The third-order valence-electron chi connectivity index (χ3n) is 3.48. The molecule has 3 aromatic rings. The molecular weight excluding hydrogens is 258 g/mol. The Hall–Kier alpha value is -2.86. The molecular formula is C18H15N3. The second-order valence-corrected chi connectivity index (χ2v) is 4.88. The zero-order chi connectivity index (χ0) is 14.7. The van der Waals surface area contributed by atoms with Crippen LogP contribution in [0, 0.1) is 18.3 Å². The molecule has 3 nitrogen and oxygen atoms in total. The second-order valence-electron chi connectivity index (χ2n) is 4.88. The van der Waals surface area contributed by atoms with Gasteiger partial charge in [0.2, 0.25) is 0 Å². The van der Waals surface area contributed by atoms with E-state index < -0.39 is 0 Å². The Morgan fingerprint density at radius 3 is 2.71 bits per heavy atom. The van der Waals surface area contributed by atoms with E-state index in [1.165, 1.54) is 0 Å². The summed E-state index contributed by atoms with van der Waals surface area (Å²) in [4.78, 5) is 4.60. The van der Waals surface area contributed by atoms with Crippen molar-refractivity contribution >= 4 is 17.8 Å². The van der Waals surface area contributed by atoms with Crippen LogP contribution in [0.15, 0.2) is 48.7 Å². The lowest BCUT2D eigenvalue weighted by atomic mass is 10.1. The Morgan fingerprint density at radius 1 is 1.14 bits per heavy atom. The van der Waals surface area contributed by atoms with Crippen LogP contribution in [-0.4, -0.2) is 9.38 Å². The van der Waals surface area contributed by atoms with Gasteiger partial charge in [-0.3, -0.25) is 0 Å². The number of pyridine rings is 1. The second kappa shape index (κ2) is 5.64. The number of fused-ring (bicyclic) bond motifs is 1. The number of nitrogens with zero attached hydrogens (tertiary/aromatic N) is 3. The highest BCUT2D eigenvalue weighted by Crippen LogP contribution is 2.18. The van der Waals surface area contributed by atoms with Gasteiger partial charge < -0.3 is 4.40 Å². The molecule has 21 heavy (non-hydrogen) atoms. The van der Waals surface area contributed by atoms with Crippen LogP contribution in [0.2, 0.25) is 0 Å². The fourth-order valence-corrected chi connectivity index (χ4v) is 2.42. The molecule has 3 heteroatoms. The van der Waals surface area contributed by atoms with E-state index in [-0.39, 0.29) is 0 Å². The van der Waals surface area contributed by atoms with Crippen LogP contribution in [0.25, 0.3) is 17.8 Å². The topological polar surface area (TPSA) is 41.1 Å². The molecule has 0 fully saturated rings. The quantitative estimate of drug-likeness (QED) is 0.726. The summed E-state index contributed by atoms with van der Waals surface area (Å²) in [7, 11) is 0. The third kappa shape index (κ3) is 2.56. The number of rotatable bonds is 3. The number of benzene rings is 1. The lowest BCUT2D eigenvalue weighted by Gasteiger charge is -2.00. The van der Waals surface area contributed by atoms with E-state index >= 15 is 0 Å². The van der Waals surface area contributed by atoms with Gasteiger partial charge in [0.15, 0.2) is 0 Å². The van der Waals surface area contributed by atoms with Gasteiger partial charge in [-0.1, -0.05) is 42.5 Å². The predicted molar refractivity (Wildman–Crippen MR) is 84.6 cm³/mol.